The van der Waals surface area contributed by atoms with Crippen molar-refractivity contribution in [3.63, 3.8) is 0 Å². The molecule has 2 unspecified atom stereocenters. The van der Waals surface area contributed by atoms with Gasteiger partial charge in [0.2, 0.25) is 0 Å². The minimum atomic E-state index is -1.05. The molecule has 0 aliphatic carbocycles. The quantitative estimate of drug-likeness (QED) is 0.839. The minimum Gasteiger partial charge on any atom is -0.445 e. The average molecular weight is 264 g/mol. The molecule has 19 heavy (non-hydrogen) atoms. The zero-order chi connectivity index (χ0) is 13.9. The fraction of sp³-hybridized carbons (Fsp3) is 0.500. The molecule has 1 fully saturated rings. The number of nitrogens with zero attached hydrogens (tertiary/aromatic N) is 1. The number of nitrogens with two attached hydrogens (primary N) is 1. The summed E-state index contributed by atoms with van der Waals surface area (Å²) < 4.78 is 5.23. The van der Waals surface area contributed by atoms with Gasteiger partial charge in [-0.05, 0) is 18.9 Å². The van der Waals surface area contributed by atoms with E-state index in [9.17, 15) is 9.90 Å². The number of carbonyl (C=O) groups is 1. The molecular weight excluding hydrogens is 244 g/mol. The Kier molecular flexibility index (Phi) is 4.07. The van der Waals surface area contributed by atoms with Gasteiger partial charge in [0.05, 0.1) is 12.1 Å². The number of piperidine rings is 1. The van der Waals surface area contributed by atoms with Crippen LogP contribution in [0.3, 0.4) is 0 Å². The van der Waals surface area contributed by atoms with Crippen LogP contribution in [0.15, 0.2) is 30.3 Å². The standard InChI is InChI=1S/C14H20N2O3/c1-14(18)10-16(8-7-12(14)15)13(17)19-9-11-5-3-2-4-6-11/h2-6,12,18H,7-10,15H2,1H3. The highest BCUT2D eigenvalue weighted by Gasteiger charge is 2.37. The fourth-order valence-corrected chi connectivity index (χ4v) is 2.16. The van der Waals surface area contributed by atoms with E-state index in [2.05, 4.69) is 0 Å². The highest BCUT2D eigenvalue weighted by molar-refractivity contribution is 5.68. The number of hydrogen-bond donors (Lipinski definition) is 2. The number of carbonyl (C=O) groups excluding carboxylic acids is 1. The normalized spacial score (nSPS) is 27.1. The van der Waals surface area contributed by atoms with E-state index in [1.54, 1.807) is 6.92 Å². The van der Waals surface area contributed by atoms with Crippen molar-refractivity contribution in [2.75, 3.05) is 13.1 Å². The first kappa shape index (κ1) is 13.8. The third kappa shape index (κ3) is 3.45. The van der Waals surface area contributed by atoms with Gasteiger partial charge in [-0.15, -0.1) is 0 Å². The Labute approximate surface area is 113 Å². The van der Waals surface area contributed by atoms with Crippen LogP contribution >= 0.6 is 0 Å². The summed E-state index contributed by atoms with van der Waals surface area (Å²) in [5.74, 6) is 0. The second-order valence-corrected chi connectivity index (χ2v) is 5.21. The smallest absolute Gasteiger partial charge is 0.410 e. The Balaban J connectivity index is 1.87. The van der Waals surface area contributed by atoms with Crippen LogP contribution < -0.4 is 5.73 Å². The molecule has 1 aliphatic rings. The lowest BCUT2D eigenvalue weighted by Gasteiger charge is -2.40. The predicted molar refractivity (Wildman–Crippen MR) is 71.4 cm³/mol. The van der Waals surface area contributed by atoms with Crippen LogP contribution in [0.25, 0.3) is 0 Å². The van der Waals surface area contributed by atoms with Crippen molar-refractivity contribution >= 4 is 6.09 Å². The Morgan fingerprint density at radius 3 is 2.84 bits per heavy atom. The molecule has 5 heteroatoms. The molecule has 0 radical (unpaired) electrons. The number of amides is 1. The number of β-amino-alcohol motifs (C(OH)–C–C–N with tert-alkyl or cyclic N) is 1. The van der Waals surface area contributed by atoms with Crippen LogP contribution in [0.1, 0.15) is 18.9 Å². The van der Waals surface area contributed by atoms with Crippen molar-refractivity contribution in [2.24, 2.45) is 5.73 Å². The van der Waals surface area contributed by atoms with Crippen molar-refractivity contribution in [1.82, 2.24) is 4.90 Å². The first-order valence-corrected chi connectivity index (χ1v) is 6.42. The topological polar surface area (TPSA) is 75.8 Å². The molecule has 2 atom stereocenters. The van der Waals surface area contributed by atoms with E-state index in [1.807, 2.05) is 30.3 Å². The summed E-state index contributed by atoms with van der Waals surface area (Å²) in [6.45, 7) is 2.62. The summed E-state index contributed by atoms with van der Waals surface area (Å²) in [4.78, 5) is 13.4. The monoisotopic (exact) mass is 264 g/mol. The number of ether oxygens (including phenoxy) is 1. The van der Waals surface area contributed by atoms with Crippen LogP contribution in [0, 0.1) is 0 Å². The molecule has 1 aromatic rings. The maximum Gasteiger partial charge on any atom is 0.410 e. The second kappa shape index (κ2) is 5.59. The molecule has 104 valence electrons. The maximum absolute atomic E-state index is 11.9. The Morgan fingerprint density at radius 1 is 1.53 bits per heavy atom. The van der Waals surface area contributed by atoms with Gasteiger partial charge in [0.25, 0.3) is 0 Å². The zero-order valence-corrected chi connectivity index (χ0v) is 11.1. The van der Waals surface area contributed by atoms with Crippen molar-refractivity contribution in [3.05, 3.63) is 35.9 Å². The van der Waals surface area contributed by atoms with Crippen molar-refractivity contribution in [1.29, 1.82) is 0 Å². The maximum atomic E-state index is 11.9. The number of hydrogen-bond acceptors (Lipinski definition) is 4. The van der Waals surface area contributed by atoms with Crippen LogP contribution in [-0.4, -0.2) is 40.8 Å². The second-order valence-electron chi connectivity index (χ2n) is 5.21. The molecule has 3 N–H and O–H groups in total. The lowest BCUT2D eigenvalue weighted by atomic mass is 9.90. The number of likely N-dealkylation sites (tertiary alicyclic amines) is 1. The number of aliphatic hydroxyl groups is 1. The molecule has 1 amide bonds. The predicted octanol–water partition coefficient (Wildman–Crippen LogP) is 1.11. The molecule has 1 saturated heterocycles. The van der Waals surface area contributed by atoms with Crippen LogP contribution in [-0.2, 0) is 11.3 Å². The van der Waals surface area contributed by atoms with Crippen LogP contribution in [0.4, 0.5) is 4.79 Å². The van der Waals surface area contributed by atoms with Crippen molar-refractivity contribution in [3.8, 4) is 0 Å². The summed E-state index contributed by atoms with van der Waals surface area (Å²) in [5, 5.41) is 10.1. The van der Waals surface area contributed by atoms with Gasteiger partial charge in [0.15, 0.2) is 0 Å². The average Bonchev–Trinajstić information content (AvgIpc) is 2.40. The lowest BCUT2D eigenvalue weighted by molar-refractivity contribution is -0.0314. The molecule has 0 saturated carbocycles. The highest BCUT2D eigenvalue weighted by atomic mass is 16.6. The van der Waals surface area contributed by atoms with Gasteiger partial charge >= 0.3 is 6.09 Å². The zero-order valence-electron chi connectivity index (χ0n) is 11.1. The van der Waals surface area contributed by atoms with Crippen LogP contribution in [0.5, 0.6) is 0 Å². The van der Waals surface area contributed by atoms with Gasteiger partial charge in [-0.3, -0.25) is 0 Å². The first-order valence-electron chi connectivity index (χ1n) is 6.42. The van der Waals surface area contributed by atoms with Crippen molar-refractivity contribution in [2.45, 2.75) is 31.6 Å². The minimum absolute atomic E-state index is 0.210. The Morgan fingerprint density at radius 2 is 2.21 bits per heavy atom. The largest absolute Gasteiger partial charge is 0.445 e. The number of rotatable bonds is 2. The summed E-state index contributed by atoms with van der Waals surface area (Å²) in [6, 6.07) is 9.20. The molecule has 5 nitrogen and oxygen atoms in total. The molecule has 1 aromatic carbocycles. The third-order valence-electron chi connectivity index (χ3n) is 3.48. The summed E-state index contributed by atoms with van der Waals surface area (Å²) in [5.41, 5.74) is 5.70. The van der Waals surface area contributed by atoms with E-state index in [0.29, 0.717) is 13.0 Å². The van der Waals surface area contributed by atoms with E-state index in [-0.39, 0.29) is 19.2 Å². The summed E-state index contributed by atoms with van der Waals surface area (Å²) >= 11 is 0. The first-order chi connectivity index (χ1) is 8.99. The number of benzene rings is 1. The molecule has 0 spiro atoms. The van der Waals surface area contributed by atoms with E-state index in [1.165, 1.54) is 4.90 Å². The van der Waals surface area contributed by atoms with Gasteiger partial charge in [-0.25, -0.2) is 4.79 Å². The van der Waals surface area contributed by atoms with E-state index >= 15 is 0 Å². The van der Waals surface area contributed by atoms with Crippen LogP contribution in [0.2, 0.25) is 0 Å². The highest BCUT2D eigenvalue weighted by Crippen LogP contribution is 2.20. The SMILES string of the molecule is CC1(O)CN(C(=O)OCc2ccccc2)CCC1N. The molecule has 1 aliphatic heterocycles. The van der Waals surface area contributed by atoms with E-state index in [0.717, 1.165) is 5.56 Å². The van der Waals surface area contributed by atoms with E-state index in [4.69, 9.17) is 10.5 Å². The van der Waals surface area contributed by atoms with Gasteiger partial charge in [-0.2, -0.15) is 0 Å². The fourth-order valence-electron chi connectivity index (χ4n) is 2.16. The summed E-state index contributed by atoms with van der Waals surface area (Å²) in [6.07, 6.45) is 0.170. The van der Waals surface area contributed by atoms with Gasteiger partial charge in [0.1, 0.15) is 6.61 Å². The Bertz CT molecular complexity index is 434. The molecular formula is C14H20N2O3. The van der Waals surface area contributed by atoms with Gasteiger partial charge in [-0.1, -0.05) is 30.3 Å². The van der Waals surface area contributed by atoms with Crippen molar-refractivity contribution < 1.29 is 14.6 Å². The summed E-state index contributed by atoms with van der Waals surface area (Å²) in [7, 11) is 0. The van der Waals surface area contributed by atoms with Gasteiger partial charge in [0, 0.05) is 12.6 Å². The molecule has 2 rings (SSSR count). The lowest BCUT2D eigenvalue weighted by Crippen LogP contribution is -2.59. The third-order valence-corrected chi connectivity index (χ3v) is 3.48. The molecule has 0 aromatic heterocycles. The Hall–Kier alpha value is -1.59. The molecule has 1 heterocycles. The van der Waals surface area contributed by atoms with E-state index < -0.39 is 11.7 Å². The molecule has 0 bridgehead atoms. The van der Waals surface area contributed by atoms with Gasteiger partial charge < -0.3 is 20.5 Å².